The number of benzene rings is 2. The van der Waals surface area contributed by atoms with Crippen molar-refractivity contribution < 1.29 is 0 Å². The van der Waals surface area contributed by atoms with Crippen LogP contribution in [0.3, 0.4) is 0 Å². The van der Waals surface area contributed by atoms with Gasteiger partial charge in [-0.2, -0.15) is 0 Å². The topological polar surface area (TPSA) is 10.8 Å². The van der Waals surface area contributed by atoms with Gasteiger partial charge in [0.2, 0.25) is 5.69 Å². The van der Waals surface area contributed by atoms with Crippen LogP contribution in [-0.2, 0) is 6.54 Å². The summed E-state index contributed by atoms with van der Waals surface area (Å²) in [4.78, 5) is 8.23. The van der Waals surface area contributed by atoms with Crippen molar-refractivity contribution in [2.45, 2.75) is 19.0 Å². The number of hydrogen-bond acceptors (Lipinski definition) is 2. The number of hydrogen-bond donors (Lipinski definition) is 0. The number of halogens is 1. The largest absolute Gasteiger partial charge is 0.363 e. The Morgan fingerprint density at radius 3 is 2.65 bits per heavy atom. The third-order valence-electron chi connectivity index (χ3n) is 4.39. The van der Waals surface area contributed by atoms with Gasteiger partial charge in [-0.1, -0.05) is 48.0 Å². The summed E-state index contributed by atoms with van der Waals surface area (Å²) in [5, 5.41) is 0.530. The maximum absolute atomic E-state index is 7.16. The average Bonchev–Trinajstić information content (AvgIpc) is 3.00. The van der Waals surface area contributed by atoms with Crippen LogP contribution in [0.1, 0.15) is 12.0 Å². The van der Waals surface area contributed by atoms with E-state index in [0.717, 1.165) is 31.7 Å². The first-order valence-electron chi connectivity index (χ1n) is 7.83. The van der Waals surface area contributed by atoms with E-state index in [1.165, 1.54) is 5.56 Å². The van der Waals surface area contributed by atoms with E-state index in [0.29, 0.717) is 16.8 Å². The van der Waals surface area contributed by atoms with Crippen molar-refractivity contribution in [2.24, 2.45) is 0 Å². The zero-order valence-electron chi connectivity index (χ0n) is 13.2. The molecule has 1 aliphatic rings. The van der Waals surface area contributed by atoms with Crippen LogP contribution in [0.4, 0.5) is 11.4 Å². The van der Waals surface area contributed by atoms with Crippen LogP contribution in [0.25, 0.3) is 4.85 Å². The van der Waals surface area contributed by atoms with Gasteiger partial charge in [-0.3, -0.25) is 0 Å². The molecule has 4 heteroatoms. The Morgan fingerprint density at radius 1 is 1.26 bits per heavy atom. The van der Waals surface area contributed by atoms with Gasteiger partial charge < -0.3 is 9.80 Å². The summed E-state index contributed by atoms with van der Waals surface area (Å²) in [6, 6.07) is 16.7. The number of rotatable bonds is 4. The molecule has 0 aliphatic carbocycles. The van der Waals surface area contributed by atoms with Gasteiger partial charge in [-0.15, -0.1) is 0 Å². The molecular formula is C19H20ClN3. The molecule has 2 aromatic rings. The molecule has 0 saturated carbocycles. The van der Waals surface area contributed by atoms with Gasteiger partial charge in [-0.05, 0) is 37.7 Å². The predicted octanol–water partition coefficient (Wildman–Crippen LogP) is 4.60. The molecule has 0 unspecified atom stereocenters. The first-order valence-corrected chi connectivity index (χ1v) is 8.21. The van der Waals surface area contributed by atoms with Crippen molar-refractivity contribution in [2.75, 3.05) is 25.0 Å². The van der Waals surface area contributed by atoms with Crippen LogP contribution in [0.2, 0.25) is 5.02 Å². The minimum atomic E-state index is 0.468. The first-order chi connectivity index (χ1) is 11.2. The van der Waals surface area contributed by atoms with Gasteiger partial charge in [0.1, 0.15) is 0 Å². The Bertz CT molecular complexity index is 708. The van der Waals surface area contributed by atoms with Gasteiger partial charge in [0, 0.05) is 29.8 Å². The minimum absolute atomic E-state index is 0.468. The van der Waals surface area contributed by atoms with Crippen molar-refractivity contribution in [3.63, 3.8) is 0 Å². The number of likely N-dealkylation sites (N-methyl/N-ethyl adjacent to an activating group) is 1. The molecule has 1 fully saturated rings. The lowest BCUT2D eigenvalue weighted by Crippen LogP contribution is -2.36. The number of nitrogens with zero attached hydrogens (tertiary/aromatic N) is 3. The zero-order chi connectivity index (χ0) is 16.2. The van der Waals surface area contributed by atoms with Crippen LogP contribution >= 0.6 is 11.6 Å². The molecule has 0 aromatic heterocycles. The molecule has 118 valence electrons. The van der Waals surface area contributed by atoms with Gasteiger partial charge in [0.15, 0.2) is 0 Å². The lowest BCUT2D eigenvalue weighted by Gasteiger charge is -2.31. The predicted molar refractivity (Wildman–Crippen MR) is 96.2 cm³/mol. The first kappa shape index (κ1) is 15.9. The normalized spacial score (nSPS) is 17.9. The fourth-order valence-corrected chi connectivity index (χ4v) is 3.36. The third kappa shape index (κ3) is 3.67. The fraction of sp³-hybridized carbons (Fsp3) is 0.316. The zero-order valence-corrected chi connectivity index (χ0v) is 14.0. The third-order valence-corrected chi connectivity index (χ3v) is 4.69. The molecule has 0 bridgehead atoms. The van der Waals surface area contributed by atoms with E-state index in [1.807, 2.05) is 24.3 Å². The highest BCUT2D eigenvalue weighted by Gasteiger charge is 2.26. The van der Waals surface area contributed by atoms with Gasteiger partial charge in [0.25, 0.3) is 0 Å². The lowest BCUT2D eigenvalue weighted by molar-refractivity contribution is 0.407. The van der Waals surface area contributed by atoms with Crippen molar-refractivity contribution in [1.29, 1.82) is 0 Å². The Kier molecular flexibility index (Phi) is 4.85. The summed E-state index contributed by atoms with van der Waals surface area (Å²) in [6.07, 6.45) is 1.14. The van der Waals surface area contributed by atoms with Crippen molar-refractivity contribution in [1.82, 2.24) is 4.90 Å². The molecule has 0 amide bonds. The second-order valence-electron chi connectivity index (χ2n) is 6.07. The second kappa shape index (κ2) is 7.04. The Balaban J connectivity index is 1.91. The molecule has 1 heterocycles. The minimum Gasteiger partial charge on any atom is -0.363 e. The molecule has 1 aliphatic heterocycles. The van der Waals surface area contributed by atoms with Crippen molar-refractivity contribution in [3.8, 4) is 0 Å². The lowest BCUT2D eigenvalue weighted by atomic mass is 10.1. The molecular weight excluding hydrogens is 306 g/mol. The van der Waals surface area contributed by atoms with Crippen molar-refractivity contribution >= 4 is 23.0 Å². The summed E-state index contributed by atoms with van der Waals surface area (Å²) >= 11 is 6.26. The van der Waals surface area contributed by atoms with Crippen LogP contribution in [0.5, 0.6) is 0 Å². The average molecular weight is 326 g/mol. The Morgan fingerprint density at radius 2 is 2.04 bits per heavy atom. The molecule has 23 heavy (non-hydrogen) atoms. The fourth-order valence-electron chi connectivity index (χ4n) is 3.14. The highest BCUT2D eigenvalue weighted by atomic mass is 35.5. The molecule has 2 aromatic carbocycles. The summed E-state index contributed by atoms with van der Waals surface area (Å²) in [6.45, 7) is 10.2. The van der Waals surface area contributed by atoms with E-state index in [9.17, 15) is 0 Å². The van der Waals surface area contributed by atoms with E-state index in [1.54, 1.807) is 0 Å². The summed E-state index contributed by atoms with van der Waals surface area (Å²) < 4.78 is 0. The van der Waals surface area contributed by atoms with E-state index in [-0.39, 0.29) is 0 Å². The number of anilines is 1. The smallest absolute Gasteiger partial charge is 0.205 e. The molecule has 0 radical (unpaired) electrons. The van der Waals surface area contributed by atoms with Gasteiger partial charge in [-0.25, -0.2) is 4.85 Å². The highest BCUT2D eigenvalue weighted by molar-refractivity contribution is 6.33. The van der Waals surface area contributed by atoms with E-state index < -0.39 is 0 Å². The molecule has 1 atom stereocenters. The van der Waals surface area contributed by atoms with Crippen LogP contribution < -0.4 is 4.90 Å². The van der Waals surface area contributed by atoms with Crippen LogP contribution in [0, 0.1) is 6.57 Å². The maximum atomic E-state index is 7.16. The second-order valence-corrected chi connectivity index (χ2v) is 6.47. The quantitative estimate of drug-likeness (QED) is 0.761. The van der Waals surface area contributed by atoms with E-state index in [2.05, 4.69) is 46.0 Å². The molecule has 1 saturated heterocycles. The monoisotopic (exact) mass is 325 g/mol. The van der Waals surface area contributed by atoms with Crippen LogP contribution in [0.15, 0.2) is 48.5 Å². The molecule has 0 spiro atoms. The van der Waals surface area contributed by atoms with Gasteiger partial charge in [0.05, 0.1) is 6.57 Å². The van der Waals surface area contributed by atoms with E-state index in [4.69, 9.17) is 18.2 Å². The standard InChI is InChI=1S/C19H20ClN3/c1-21-19-9-8-16(12-18(19)20)23(17-10-11-22(2)14-17)13-15-6-4-3-5-7-15/h3-9,12,17H,10-11,13-14H2,2H3/t17-/m0/s1. The SMILES string of the molecule is [C-]#[N+]c1ccc(N(Cc2ccccc2)[C@H]2CCN(C)C2)cc1Cl. The van der Waals surface area contributed by atoms with Crippen molar-refractivity contribution in [3.05, 3.63) is 70.5 Å². The van der Waals surface area contributed by atoms with E-state index >= 15 is 0 Å². The summed E-state index contributed by atoms with van der Waals surface area (Å²) in [5.74, 6) is 0. The summed E-state index contributed by atoms with van der Waals surface area (Å²) in [5.41, 5.74) is 2.89. The number of likely N-dealkylation sites (tertiary alicyclic amines) is 1. The Hall–Kier alpha value is -2.02. The van der Waals surface area contributed by atoms with Gasteiger partial charge >= 0.3 is 0 Å². The molecule has 3 nitrogen and oxygen atoms in total. The molecule has 3 rings (SSSR count). The Labute approximate surface area is 142 Å². The highest BCUT2D eigenvalue weighted by Crippen LogP contribution is 2.32. The van der Waals surface area contributed by atoms with Crippen LogP contribution in [-0.4, -0.2) is 31.1 Å². The summed E-state index contributed by atoms with van der Waals surface area (Å²) in [7, 11) is 2.16. The molecule has 0 N–H and O–H groups in total. The maximum Gasteiger partial charge on any atom is 0.205 e.